The monoisotopic (exact) mass is 706 g/mol. The fourth-order valence-corrected chi connectivity index (χ4v) is 7.68. The number of hydrogen-bond donors (Lipinski definition) is 0. The van der Waals surface area contributed by atoms with Crippen molar-refractivity contribution in [3.8, 4) is 0 Å². The van der Waals surface area contributed by atoms with Gasteiger partial charge in [0.05, 0.1) is 74.5 Å². The van der Waals surface area contributed by atoms with E-state index in [4.69, 9.17) is 28.4 Å². The first-order chi connectivity index (χ1) is 24.4. The highest BCUT2D eigenvalue weighted by Crippen LogP contribution is 2.45. The largest absolute Gasteiger partial charge is 0.465 e. The smallest absolute Gasteiger partial charge is 0.309 e. The maximum absolute atomic E-state index is 12.9. The Balaban J connectivity index is 1.01. The van der Waals surface area contributed by atoms with Gasteiger partial charge in [-0.15, -0.1) is 0 Å². The average molecular weight is 707 g/mol. The molecule has 8 unspecified atom stereocenters. The van der Waals surface area contributed by atoms with Crippen LogP contribution in [0.1, 0.15) is 155 Å². The zero-order valence-corrected chi connectivity index (χ0v) is 31.1. The Morgan fingerprint density at radius 3 is 0.840 bits per heavy atom. The van der Waals surface area contributed by atoms with Crippen LogP contribution < -0.4 is 0 Å². The van der Waals surface area contributed by atoms with Crippen molar-refractivity contribution in [2.24, 2.45) is 23.7 Å². The van der Waals surface area contributed by atoms with Gasteiger partial charge < -0.3 is 28.4 Å². The predicted molar refractivity (Wildman–Crippen MR) is 188 cm³/mol. The van der Waals surface area contributed by atoms with E-state index in [1.54, 1.807) is 0 Å². The molecule has 0 aromatic rings. The van der Waals surface area contributed by atoms with Crippen molar-refractivity contribution in [2.45, 2.75) is 180 Å². The van der Waals surface area contributed by atoms with Gasteiger partial charge in [0.2, 0.25) is 0 Å². The summed E-state index contributed by atoms with van der Waals surface area (Å²) in [4.78, 5) is 51.6. The van der Waals surface area contributed by atoms with Crippen molar-refractivity contribution in [1.82, 2.24) is 0 Å². The van der Waals surface area contributed by atoms with Gasteiger partial charge in [0.15, 0.2) is 0 Å². The summed E-state index contributed by atoms with van der Waals surface area (Å²) < 4.78 is 33.7. The molecule has 2 heterocycles. The summed E-state index contributed by atoms with van der Waals surface area (Å²) in [7, 11) is 0. The number of esters is 4. The molecule has 0 aromatic heterocycles. The van der Waals surface area contributed by atoms with Gasteiger partial charge in [-0.3, -0.25) is 19.2 Å². The quantitative estimate of drug-likeness (QED) is 0.0361. The van der Waals surface area contributed by atoms with Crippen LogP contribution in [0.25, 0.3) is 0 Å². The van der Waals surface area contributed by atoms with Crippen LogP contribution >= 0.6 is 0 Å². The van der Waals surface area contributed by atoms with E-state index >= 15 is 0 Å². The van der Waals surface area contributed by atoms with Gasteiger partial charge >= 0.3 is 23.9 Å². The maximum atomic E-state index is 12.9. The second kappa shape index (κ2) is 22.7. The predicted octanol–water partition coefficient (Wildman–Crippen LogP) is 7.81. The molecule has 8 atom stereocenters. The summed E-state index contributed by atoms with van der Waals surface area (Å²) in [5.74, 6) is -3.13. The molecule has 0 radical (unpaired) electrons. The van der Waals surface area contributed by atoms with E-state index in [0.29, 0.717) is 52.1 Å². The SMILES string of the molecule is CCCCCCCCOC(=O)C1CC2OC2CC1C(=O)OCCCCCCCCOC(=O)C1CC2OC2CC1C(=O)OCCCCCCCC. The van der Waals surface area contributed by atoms with Gasteiger partial charge in [-0.25, -0.2) is 0 Å². The molecule has 0 N–H and O–H groups in total. The summed E-state index contributed by atoms with van der Waals surface area (Å²) in [5, 5.41) is 0. The van der Waals surface area contributed by atoms with E-state index in [1.165, 1.54) is 38.5 Å². The molecule has 2 saturated carbocycles. The lowest BCUT2D eigenvalue weighted by Crippen LogP contribution is -2.37. The van der Waals surface area contributed by atoms with E-state index in [2.05, 4.69) is 13.8 Å². The highest BCUT2D eigenvalue weighted by Gasteiger charge is 2.54. The average Bonchev–Trinajstić information content (AvgIpc) is 4.05. The molecule has 2 saturated heterocycles. The van der Waals surface area contributed by atoms with Gasteiger partial charge in [0.25, 0.3) is 0 Å². The van der Waals surface area contributed by atoms with Crippen molar-refractivity contribution in [3.63, 3.8) is 0 Å². The number of unbranched alkanes of at least 4 members (excludes halogenated alkanes) is 15. The molecular formula is C40H66O10. The number of hydrogen-bond acceptors (Lipinski definition) is 10. The van der Waals surface area contributed by atoms with E-state index in [1.807, 2.05) is 0 Å². The van der Waals surface area contributed by atoms with Crippen LogP contribution in [-0.4, -0.2) is 74.7 Å². The lowest BCUT2D eigenvalue weighted by molar-refractivity contribution is -0.162. The number of ether oxygens (including phenoxy) is 6. The molecule has 4 fully saturated rings. The van der Waals surface area contributed by atoms with Crippen LogP contribution in [0, 0.1) is 23.7 Å². The van der Waals surface area contributed by atoms with Crippen LogP contribution in [0.3, 0.4) is 0 Å². The fraction of sp³-hybridized carbons (Fsp3) is 0.900. The van der Waals surface area contributed by atoms with Crippen LogP contribution in [0.15, 0.2) is 0 Å². The first-order valence-corrected chi connectivity index (χ1v) is 20.4. The lowest BCUT2D eigenvalue weighted by Gasteiger charge is -2.26. The molecule has 0 bridgehead atoms. The van der Waals surface area contributed by atoms with Crippen LogP contribution in [0.5, 0.6) is 0 Å². The summed E-state index contributed by atoms with van der Waals surface area (Å²) in [6.45, 7) is 5.90. The van der Waals surface area contributed by atoms with Gasteiger partial charge in [-0.05, 0) is 51.4 Å². The molecule has 0 amide bonds. The summed E-state index contributed by atoms with van der Waals surface area (Å²) >= 11 is 0. The van der Waals surface area contributed by atoms with Gasteiger partial charge in [-0.1, -0.05) is 104 Å². The van der Waals surface area contributed by atoms with Crippen molar-refractivity contribution >= 4 is 23.9 Å². The van der Waals surface area contributed by atoms with Crippen molar-refractivity contribution in [3.05, 3.63) is 0 Å². The highest BCUT2D eigenvalue weighted by atomic mass is 16.6. The van der Waals surface area contributed by atoms with E-state index in [-0.39, 0.29) is 48.3 Å². The molecule has 4 aliphatic rings. The van der Waals surface area contributed by atoms with Gasteiger partial charge in [0, 0.05) is 0 Å². The minimum absolute atomic E-state index is 0.0642. The third-order valence-electron chi connectivity index (χ3n) is 11.0. The normalized spacial score (nSPS) is 27.8. The van der Waals surface area contributed by atoms with E-state index in [9.17, 15) is 19.2 Å². The molecule has 10 heteroatoms. The zero-order valence-electron chi connectivity index (χ0n) is 31.1. The Morgan fingerprint density at radius 1 is 0.380 bits per heavy atom. The third kappa shape index (κ3) is 14.1. The topological polar surface area (TPSA) is 130 Å². The van der Waals surface area contributed by atoms with E-state index < -0.39 is 23.7 Å². The Kier molecular flexibility index (Phi) is 18.4. The Hall–Kier alpha value is -2.20. The summed E-state index contributed by atoms with van der Waals surface area (Å²) in [6, 6.07) is 0. The zero-order chi connectivity index (χ0) is 35.6. The van der Waals surface area contributed by atoms with Gasteiger partial charge in [-0.2, -0.15) is 0 Å². The number of fused-ring (bicyclic) bond motifs is 2. The summed E-state index contributed by atoms with van der Waals surface area (Å²) in [6.07, 6.45) is 21.3. The molecular weight excluding hydrogens is 640 g/mol. The minimum Gasteiger partial charge on any atom is -0.465 e. The van der Waals surface area contributed by atoms with E-state index in [0.717, 1.165) is 77.0 Å². The fourth-order valence-electron chi connectivity index (χ4n) is 7.68. The molecule has 286 valence electrons. The minimum atomic E-state index is -0.489. The van der Waals surface area contributed by atoms with Gasteiger partial charge in [0.1, 0.15) is 0 Å². The van der Waals surface area contributed by atoms with Crippen molar-refractivity contribution in [2.75, 3.05) is 26.4 Å². The van der Waals surface area contributed by atoms with Crippen LogP contribution in [0.4, 0.5) is 0 Å². The first-order valence-electron chi connectivity index (χ1n) is 20.4. The lowest BCUT2D eigenvalue weighted by atomic mass is 9.79. The van der Waals surface area contributed by atoms with Crippen LogP contribution in [-0.2, 0) is 47.6 Å². The second-order valence-electron chi connectivity index (χ2n) is 15.1. The molecule has 0 aromatic carbocycles. The summed E-state index contributed by atoms with van der Waals surface area (Å²) in [5.41, 5.74) is 0. The highest BCUT2D eigenvalue weighted by molar-refractivity contribution is 5.83. The number of rotatable bonds is 27. The number of epoxide rings is 2. The first kappa shape index (κ1) is 40.6. The van der Waals surface area contributed by atoms with Crippen molar-refractivity contribution in [1.29, 1.82) is 0 Å². The Bertz CT molecular complexity index is 952. The maximum Gasteiger partial charge on any atom is 0.309 e. The molecule has 0 spiro atoms. The molecule has 10 nitrogen and oxygen atoms in total. The second-order valence-corrected chi connectivity index (χ2v) is 15.1. The number of carbonyl (C=O) groups excluding carboxylic acids is 4. The molecule has 2 aliphatic carbocycles. The third-order valence-corrected chi connectivity index (χ3v) is 11.0. The van der Waals surface area contributed by atoms with Crippen LogP contribution in [0.2, 0.25) is 0 Å². The number of carbonyl (C=O) groups is 4. The Morgan fingerprint density at radius 2 is 0.600 bits per heavy atom. The molecule has 2 aliphatic heterocycles. The molecule has 50 heavy (non-hydrogen) atoms. The molecule has 4 rings (SSSR count). The standard InChI is InChI=1S/C40H66O10/c1-3-5-7-9-13-17-21-45-37(41)29-25-33-35(49-33)27-31(29)39(43)47-23-19-15-11-12-16-20-24-48-40(44)32-28-36-34(50-36)26-30(32)38(42)46-22-18-14-10-8-6-4-2/h29-36H,3-28H2,1-2H3. The Labute approximate surface area is 300 Å². The van der Waals surface area contributed by atoms with Crippen molar-refractivity contribution < 1.29 is 47.6 Å².